The summed E-state index contributed by atoms with van der Waals surface area (Å²) >= 11 is 1.48. The number of rotatable bonds is 4. The Morgan fingerprint density at radius 1 is 1.47 bits per heavy atom. The fraction of sp³-hybridized carbons (Fsp3) is 0.636. The predicted octanol–water partition coefficient (Wildman–Crippen LogP) is 2.63. The Morgan fingerprint density at radius 2 is 2.13 bits per heavy atom. The summed E-state index contributed by atoms with van der Waals surface area (Å²) in [4.78, 5) is 18.8. The monoisotopic (exact) mass is 226 g/mol. The van der Waals surface area contributed by atoms with E-state index >= 15 is 0 Å². The van der Waals surface area contributed by atoms with Gasteiger partial charge in [-0.15, -0.1) is 11.3 Å². The highest BCUT2D eigenvalue weighted by molar-refractivity contribution is 7.13. The van der Waals surface area contributed by atoms with Gasteiger partial charge in [-0.1, -0.05) is 13.3 Å². The summed E-state index contributed by atoms with van der Waals surface area (Å²) in [5.41, 5.74) is 0.853. The highest BCUT2D eigenvalue weighted by Gasteiger charge is 2.17. The smallest absolute Gasteiger partial charge is 0.265 e. The number of carbonyl (C=O) groups is 1. The molecule has 15 heavy (non-hydrogen) atoms. The normalized spacial score (nSPS) is 10.4. The lowest BCUT2D eigenvalue weighted by Crippen LogP contribution is -2.27. The van der Waals surface area contributed by atoms with Gasteiger partial charge in [-0.05, 0) is 20.3 Å². The number of aryl methyl sites for hydroxylation is 2. The van der Waals surface area contributed by atoms with Crippen LogP contribution in [0.25, 0.3) is 0 Å². The number of unbranched alkanes of at least 4 members (excludes halogenated alkanes) is 1. The minimum atomic E-state index is 0.103. The second-order valence-electron chi connectivity index (χ2n) is 3.73. The molecule has 0 aromatic carbocycles. The molecule has 0 aliphatic carbocycles. The van der Waals surface area contributed by atoms with Gasteiger partial charge in [0.25, 0.3) is 5.91 Å². The third-order valence-corrected chi connectivity index (χ3v) is 3.35. The van der Waals surface area contributed by atoms with Crippen molar-refractivity contribution in [3.05, 3.63) is 15.6 Å². The molecule has 0 unspecified atom stereocenters. The van der Waals surface area contributed by atoms with Crippen LogP contribution in [0.4, 0.5) is 0 Å². The van der Waals surface area contributed by atoms with Crippen LogP contribution in [-0.2, 0) is 0 Å². The van der Waals surface area contributed by atoms with Gasteiger partial charge in [-0.25, -0.2) is 4.98 Å². The molecule has 0 N–H and O–H groups in total. The van der Waals surface area contributed by atoms with Gasteiger partial charge in [0, 0.05) is 13.6 Å². The second kappa shape index (κ2) is 5.26. The van der Waals surface area contributed by atoms with E-state index in [0.717, 1.165) is 35.0 Å². The molecular weight excluding hydrogens is 208 g/mol. The van der Waals surface area contributed by atoms with Crippen LogP contribution in [0.1, 0.15) is 40.1 Å². The molecule has 1 rings (SSSR count). The molecule has 0 radical (unpaired) electrons. The standard InChI is InChI=1S/C11H18N2OS/c1-5-6-7-13(4)11(14)10-8(2)12-9(3)15-10/h5-7H2,1-4H3. The molecule has 0 aliphatic rings. The summed E-state index contributed by atoms with van der Waals surface area (Å²) in [5, 5.41) is 0.958. The molecular formula is C11H18N2OS. The number of nitrogens with zero attached hydrogens (tertiary/aromatic N) is 2. The van der Waals surface area contributed by atoms with Crippen LogP contribution >= 0.6 is 11.3 Å². The molecule has 3 nitrogen and oxygen atoms in total. The van der Waals surface area contributed by atoms with Crippen molar-refractivity contribution in [3.63, 3.8) is 0 Å². The molecule has 1 aromatic rings. The molecule has 84 valence electrons. The van der Waals surface area contributed by atoms with Crippen LogP contribution in [0.2, 0.25) is 0 Å². The van der Waals surface area contributed by atoms with Crippen LogP contribution < -0.4 is 0 Å². The SMILES string of the molecule is CCCCN(C)C(=O)c1sc(C)nc1C. The van der Waals surface area contributed by atoms with Crippen molar-refractivity contribution < 1.29 is 4.79 Å². The molecule has 1 amide bonds. The van der Waals surface area contributed by atoms with E-state index in [1.807, 2.05) is 20.9 Å². The van der Waals surface area contributed by atoms with E-state index in [9.17, 15) is 4.79 Å². The molecule has 4 heteroatoms. The van der Waals surface area contributed by atoms with Crippen molar-refractivity contribution in [1.29, 1.82) is 0 Å². The largest absolute Gasteiger partial charge is 0.341 e. The fourth-order valence-corrected chi connectivity index (χ4v) is 2.31. The van der Waals surface area contributed by atoms with E-state index < -0.39 is 0 Å². The van der Waals surface area contributed by atoms with Gasteiger partial charge in [-0.2, -0.15) is 0 Å². The van der Waals surface area contributed by atoms with Crippen molar-refractivity contribution in [2.24, 2.45) is 0 Å². The van der Waals surface area contributed by atoms with Crippen LogP contribution in [-0.4, -0.2) is 29.4 Å². The van der Waals surface area contributed by atoms with Crippen LogP contribution in [0.3, 0.4) is 0 Å². The Labute approximate surface area is 95.1 Å². The van der Waals surface area contributed by atoms with E-state index in [1.54, 1.807) is 4.90 Å². The Hall–Kier alpha value is -0.900. The molecule has 0 fully saturated rings. The summed E-state index contributed by atoms with van der Waals surface area (Å²) in [6.07, 6.45) is 2.16. The van der Waals surface area contributed by atoms with Gasteiger partial charge in [0.1, 0.15) is 4.88 Å². The Kier molecular flexibility index (Phi) is 4.27. The number of carbonyl (C=O) groups excluding carboxylic acids is 1. The predicted molar refractivity (Wildman–Crippen MR) is 63.5 cm³/mol. The van der Waals surface area contributed by atoms with Crippen LogP contribution in [0.5, 0.6) is 0 Å². The van der Waals surface area contributed by atoms with Crippen molar-refractivity contribution in [3.8, 4) is 0 Å². The minimum absolute atomic E-state index is 0.103. The van der Waals surface area contributed by atoms with E-state index in [0.29, 0.717) is 0 Å². The number of amides is 1. The maximum atomic E-state index is 12.0. The lowest BCUT2D eigenvalue weighted by Gasteiger charge is -2.15. The highest BCUT2D eigenvalue weighted by atomic mass is 32.1. The third kappa shape index (κ3) is 3.02. The summed E-state index contributed by atoms with van der Waals surface area (Å²) in [5.74, 6) is 0.103. The van der Waals surface area contributed by atoms with E-state index in [4.69, 9.17) is 0 Å². The zero-order chi connectivity index (χ0) is 11.4. The highest BCUT2D eigenvalue weighted by Crippen LogP contribution is 2.18. The Bertz CT molecular complexity index is 346. The van der Waals surface area contributed by atoms with Gasteiger partial charge >= 0.3 is 0 Å². The summed E-state index contributed by atoms with van der Waals surface area (Å²) in [7, 11) is 1.85. The number of hydrogen-bond donors (Lipinski definition) is 0. The summed E-state index contributed by atoms with van der Waals surface area (Å²) < 4.78 is 0. The lowest BCUT2D eigenvalue weighted by atomic mass is 10.3. The second-order valence-corrected chi connectivity index (χ2v) is 4.93. The van der Waals surface area contributed by atoms with Gasteiger partial charge in [-0.3, -0.25) is 4.79 Å². The Morgan fingerprint density at radius 3 is 2.60 bits per heavy atom. The third-order valence-electron chi connectivity index (χ3n) is 2.29. The molecule has 1 aromatic heterocycles. The first-order valence-electron chi connectivity index (χ1n) is 5.25. The molecule has 0 atom stereocenters. The maximum absolute atomic E-state index is 12.0. The van der Waals surface area contributed by atoms with Gasteiger partial charge in [0.05, 0.1) is 10.7 Å². The van der Waals surface area contributed by atoms with E-state index in [-0.39, 0.29) is 5.91 Å². The molecule has 0 spiro atoms. The molecule has 0 aliphatic heterocycles. The molecule has 1 heterocycles. The average molecular weight is 226 g/mol. The number of aromatic nitrogens is 1. The molecule has 0 bridgehead atoms. The number of hydrogen-bond acceptors (Lipinski definition) is 3. The first kappa shape index (κ1) is 12.2. The van der Waals surface area contributed by atoms with E-state index in [1.165, 1.54) is 11.3 Å². The average Bonchev–Trinajstić information content (AvgIpc) is 2.53. The topological polar surface area (TPSA) is 33.2 Å². The first-order valence-corrected chi connectivity index (χ1v) is 6.07. The van der Waals surface area contributed by atoms with Crippen molar-refractivity contribution in [2.75, 3.05) is 13.6 Å². The maximum Gasteiger partial charge on any atom is 0.265 e. The van der Waals surface area contributed by atoms with E-state index in [2.05, 4.69) is 11.9 Å². The quantitative estimate of drug-likeness (QED) is 0.790. The zero-order valence-electron chi connectivity index (χ0n) is 9.83. The number of thiazole rings is 1. The first-order chi connectivity index (χ1) is 7.06. The van der Waals surface area contributed by atoms with Crippen LogP contribution in [0.15, 0.2) is 0 Å². The molecule has 0 saturated carbocycles. The van der Waals surface area contributed by atoms with Gasteiger partial charge in [0.15, 0.2) is 0 Å². The minimum Gasteiger partial charge on any atom is -0.341 e. The van der Waals surface area contributed by atoms with Gasteiger partial charge in [0.2, 0.25) is 0 Å². The fourth-order valence-electron chi connectivity index (χ4n) is 1.40. The lowest BCUT2D eigenvalue weighted by molar-refractivity contribution is 0.0797. The van der Waals surface area contributed by atoms with Gasteiger partial charge < -0.3 is 4.90 Å². The van der Waals surface area contributed by atoms with Crippen LogP contribution in [0, 0.1) is 13.8 Å². The van der Waals surface area contributed by atoms with Crippen molar-refractivity contribution in [2.45, 2.75) is 33.6 Å². The molecule has 0 saturated heterocycles. The van der Waals surface area contributed by atoms with Crippen molar-refractivity contribution in [1.82, 2.24) is 9.88 Å². The van der Waals surface area contributed by atoms with Crippen molar-refractivity contribution >= 4 is 17.2 Å². The zero-order valence-corrected chi connectivity index (χ0v) is 10.6. The summed E-state index contributed by atoms with van der Waals surface area (Å²) in [6.45, 7) is 6.77. The summed E-state index contributed by atoms with van der Waals surface area (Å²) in [6, 6.07) is 0. The Balaban J connectivity index is 2.71.